The van der Waals surface area contributed by atoms with Crippen LogP contribution in [0.15, 0.2) is 199 Å². The van der Waals surface area contributed by atoms with Crippen molar-refractivity contribution in [1.29, 1.82) is 0 Å². The van der Waals surface area contributed by atoms with Gasteiger partial charge in [-0.3, -0.25) is 0 Å². The maximum Gasteiger partial charge on any atom is 0.164 e. The van der Waals surface area contributed by atoms with Gasteiger partial charge in [0.25, 0.3) is 0 Å². The van der Waals surface area contributed by atoms with Crippen molar-refractivity contribution in [2.24, 2.45) is 0 Å². The molecule has 5 nitrogen and oxygen atoms in total. The molecule has 0 radical (unpaired) electrons. The van der Waals surface area contributed by atoms with Crippen LogP contribution in [0.3, 0.4) is 0 Å². The van der Waals surface area contributed by atoms with Crippen molar-refractivity contribution in [1.82, 2.24) is 19.5 Å². The van der Waals surface area contributed by atoms with Crippen LogP contribution >= 0.6 is 0 Å². The molecule has 0 aliphatic heterocycles. The Labute approximate surface area is 322 Å². The fourth-order valence-electron chi connectivity index (χ4n) is 8.06. The average molecular weight is 717 g/mol. The quantitative estimate of drug-likeness (QED) is 0.172. The monoisotopic (exact) mass is 716 g/mol. The molecule has 3 aromatic heterocycles. The van der Waals surface area contributed by atoms with Gasteiger partial charge in [-0.15, -0.1) is 0 Å². The van der Waals surface area contributed by atoms with Crippen LogP contribution in [0.2, 0.25) is 0 Å². The summed E-state index contributed by atoms with van der Waals surface area (Å²) in [6, 6.07) is 67.5. The summed E-state index contributed by atoms with van der Waals surface area (Å²) in [7, 11) is 0. The van der Waals surface area contributed by atoms with Crippen LogP contribution < -0.4 is 0 Å². The Balaban J connectivity index is 1.12. The minimum Gasteiger partial charge on any atom is -0.455 e. The number of para-hydroxylation sites is 2. The Hall–Kier alpha value is -7.63. The van der Waals surface area contributed by atoms with Gasteiger partial charge in [-0.25, -0.2) is 15.0 Å². The highest BCUT2D eigenvalue weighted by atomic mass is 16.3. The van der Waals surface area contributed by atoms with E-state index in [1.54, 1.807) is 0 Å². The highest BCUT2D eigenvalue weighted by Crippen LogP contribution is 2.42. The molecule has 3 heterocycles. The maximum atomic E-state index is 6.59. The lowest BCUT2D eigenvalue weighted by Crippen LogP contribution is -2.00. The second-order valence-electron chi connectivity index (χ2n) is 14.0. The van der Waals surface area contributed by atoms with E-state index in [0.29, 0.717) is 17.5 Å². The van der Waals surface area contributed by atoms with Crippen LogP contribution in [-0.4, -0.2) is 19.5 Å². The molecule has 0 saturated carbocycles. The molecule has 11 rings (SSSR count). The lowest BCUT2D eigenvalue weighted by Gasteiger charge is -2.16. The molecule has 11 aromatic rings. The van der Waals surface area contributed by atoms with Crippen LogP contribution in [0, 0.1) is 0 Å². The predicted molar refractivity (Wildman–Crippen MR) is 229 cm³/mol. The minimum absolute atomic E-state index is 0.620. The molecule has 0 aliphatic rings. The van der Waals surface area contributed by atoms with Crippen molar-refractivity contribution < 1.29 is 4.42 Å². The summed E-state index contributed by atoms with van der Waals surface area (Å²) in [6.07, 6.45) is 0. The van der Waals surface area contributed by atoms with E-state index >= 15 is 0 Å². The zero-order valence-electron chi connectivity index (χ0n) is 30.2. The molecule has 0 spiro atoms. The first-order valence-corrected chi connectivity index (χ1v) is 18.8. The van der Waals surface area contributed by atoms with E-state index in [2.05, 4.69) is 126 Å². The number of nitrogens with zero attached hydrogens (tertiary/aromatic N) is 4. The van der Waals surface area contributed by atoms with Crippen LogP contribution in [-0.2, 0) is 0 Å². The second-order valence-corrected chi connectivity index (χ2v) is 14.0. The van der Waals surface area contributed by atoms with E-state index in [1.807, 2.05) is 72.8 Å². The molecule has 0 bridgehead atoms. The van der Waals surface area contributed by atoms with Crippen molar-refractivity contribution in [3.63, 3.8) is 0 Å². The number of rotatable bonds is 6. The van der Waals surface area contributed by atoms with E-state index < -0.39 is 0 Å². The Kier molecular flexibility index (Phi) is 7.42. The predicted octanol–water partition coefficient (Wildman–Crippen LogP) is 13.2. The maximum absolute atomic E-state index is 6.59. The first-order valence-electron chi connectivity index (χ1n) is 18.8. The molecule has 0 saturated heterocycles. The molecule has 0 amide bonds. The highest BCUT2D eigenvalue weighted by molar-refractivity contribution is 6.23. The van der Waals surface area contributed by atoms with Gasteiger partial charge in [-0.1, -0.05) is 152 Å². The lowest BCUT2D eigenvalue weighted by molar-refractivity contribution is 0.673. The highest BCUT2D eigenvalue weighted by Gasteiger charge is 2.20. The number of furan rings is 1. The standard InChI is InChI=1S/C51H32N4O/c1-4-15-33(16-5-1)39-28-27-38(55-44-25-12-10-24-42(44)47-45(55)30-29-41-40-23-11-13-26-46(40)56-48(41)47)32-43(39)36-21-14-22-37(31-36)51-53-49(34-17-6-2-7-18-34)52-50(54-51)35-19-8-3-9-20-35/h1-32H. The summed E-state index contributed by atoms with van der Waals surface area (Å²) < 4.78 is 8.96. The Morgan fingerprint density at radius 2 is 0.929 bits per heavy atom. The number of fused-ring (bicyclic) bond motifs is 7. The molecule has 0 N–H and O–H groups in total. The molecule has 0 aliphatic carbocycles. The summed E-state index contributed by atoms with van der Waals surface area (Å²) in [4.78, 5) is 15.0. The number of hydrogen-bond acceptors (Lipinski definition) is 4. The molecule has 262 valence electrons. The topological polar surface area (TPSA) is 56.7 Å². The first-order chi connectivity index (χ1) is 27.8. The zero-order chi connectivity index (χ0) is 37.0. The molecular formula is C51H32N4O. The van der Waals surface area contributed by atoms with E-state index in [1.165, 1.54) is 0 Å². The Bertz CT molecular complexity index is 3180. The van der Waals surface area contributed by atoms with Crippen LogP contribution in [0.25, 0.3) is 106 Å². The Morgan fingerprint density at radius 1 is 0.357 bits per heavy atom. The third-order valence-corrected chi connectivity index (χ3v) is 10.7. The molecule has 0 fully saturated rings. The fraction of sp³-hybridized carbons (Fsp3) is 0. The molecule has 0 atom stereocenters. The average Bonchev–Trinajstić information content (AvgIpc) is 3.83. The van der Waals surface area contributed by atoms with Gasteiger partial charge in [0.1, 0.15) is 11.2 Å². The van der Waals surface area contributed by atoms with E-state index in [9.17, 15) is 0 Å². The fourth-order valence-corrected chi connectivity index (χ4v) is 8.06. The molecule has 8 aromatic carbocycles. The molecular weight excluding hydrogens is 685 g/mol. The first kappa shape index (κ1) is 31.9. The molecule has 0 unspecified atom stereocenters. The summed E-state index contributed by atoms with van der Waals surface area (Å²) in [5.41, 5.74) is 12.3. The summed E-state index contributed by atoms with van der Waals surface area (Å²) in [5.74, 6) is 1.89. The smallest absolute Gasteiger partial charge is 0.164 e. The number of aromatic nitrogens is 4. The largest absolute Gasteiger partial charge is 0.455 e. The van der Waals surface area contributed by atoms with Gasteiger partial charge in [0.15, 0.2) is 17.5 Å². The normalized spacial score (nSPS) is 11.6. The van der Waals surface area contributed by atoms with Crippen molar-refractivity contribution >= 4 is 43.7 Å². The van der Waals surface area contributed by atoms with Crippen LogP contribution in [0.4, 0.5) is 0 Å². The SMILES string of the molecule is c1ccc(-c2nc(-c3ccccc3)nc(-c3cccc(-c4cc(-n5c6ccccc6c6c7oc8ccccc8c7ccc65)ccc4-c4ccccc4)c3)n2)cc1. The molecule has 5 heteroatoms. The van der Waals surface area contributed by atoms with Crippen molar-refractivity contribution in [2.75, 3.05) is 0 Å². The van der Waals surface area contributed by atoms with Gasteiger partial charge in [0.2, 0.25) is 0 Å². The van der Waals surface area contributed by atoms with Gasteiger partial charge in [0, 0.05) is 38.5 Å². The third kappa shape index (κ3) is 5.29. The van der Waals surface area contributed by atoms with Gasteiger partial charge in [-0.2, -0.15) is 0 Å². The number of hydrogen-bond donors (Lipinski definition) is 0. The van der Waals surface area contributed by atoms with Crippen molar-refractivity contribution in [3.8, 4) is 62.1 Å². The molecule has 56 heavy (non-hydrogen) atoms. The number of benzene rings is 8. The zero-order valence-corrected chi connectivity index (χ0v) is 30.2. The summed E-state index contributed by atoms with van der Waals surface area (Å²) >= 11 is 0. The third-order valence-electron chi connectivity index (χ3n) is 10.7. The van der Waals surface area contributed by atoms with Crippen molar-refractivity contribution in [2.45, 2.75) is 0 Å². The Morgan fingerprint density at radius 3 is 1.64 bits per heavy atom. The second kappa shape index (κ2) is 13.0. The van der Waals surface area contributed by atoms with Crippen LogP contribution in [0.5, 0.6) is 0 Å². The van der Waals surface area contributed by atoms with Crippen LogP contribution in [0.1, 0.15) is 0 Å². The van der Waals surface area contributed by atoms with E-state index in [0.717, 1.165) is 88.4 Å². The summed E-state index contributed by atoms with van der Waals surface area (Å²) in [5, 5.41) is 4.52. The van der Waals surface area contributed by atoms with Gasteiger partial charge < -0.3 is 8.98 Å². The summed E-state index contributed by atoms with van der Waals surface area (Å²) in [6.45, 7) is 0. The van der Waals surface area contributed by atoms with Crippen molar-refractivity contribution in [3.05, 3.63) is 194 Å². The van der Waals surface area contributed by atoms with E-state index in [4.69, 9.17) is 19.4 Å². The van der Waals surface area contributed by atoms with Gasteiger partial charge >= 0.3 is 0 Å². The van der Waals surface area contributed by atoms with Gasteiger partial charge in [0.05, 0.1) is 16.4 Å². The minimum atomic E-state index is 0.620. The van der Waals surface area contributed by atoms with Gasteiger partial charge in [-0.05, 0) is 64.7 Å². The lowest BCUT2D eigenvalue weighted by atomic mass is 9.93. The van der Waals surface area contributed by atoms with E-state index in [-0.39, 0.29) is 0 Å².